The summed E-state index contributed by atoms with van der Waals surface area (Å²) in [5.41, 5.74) is 9.76. The van der Waals surface area contributed by atoms with Crippen molar-refractivity contribution in [2.75, 3.05) is 0 Å². The van der Waals surface area contributed by atoms with E-state index < -0.39 is 0 Å². The Labute approximate surface area is 177 Å². The number of nitrogens with two attached hydrogens (primary N) is 1. The van der Waals surface area contributed by atoms with Gasteiger partial charge in [0.1, 0.15) is 0 Å². The SMILES string of the molecule is CC(N)C1(CC2CC2c2ccc(C3CCCCC3)c(Cl)c2)CCCCC1.Cl. The van der Waals surface area contributed by atoms with E-state index in [0.717, 1.165) is 16.9 Å². The lowest BCUT2D eigenvalue weighted by Crippen LogP contribution is -2.41. The molecule has 2 N–H and O–H groups in total. The van der Waals surface area contributed by atoms with Gasteiger partial charge in [-0.2, -0.15) is 0 Å². The van der Waals surface area contributed by atoms with E-state index in [2.05, 4.69) is 25.1 Å². The smallest absolute Gasteiger partial charge is 0.0443 e. The van der Waals surface area contributed by atoms with E-state index in [-0.39, 0.29) is 12.4 Å². The molecule has 152 valence electrons. The van der Waals surface area contributed by atoms with Crippen LogP contribution in [0.25, 0.3) is 0 Å². The zero-order valence-corrected chi connectivity index (χ0v) is 18.5. The van der Waals surface area contributed by atoms with E-state index in [1.807, 2.05) is 0 Å². The van der Waals surface area contributed by atoms with Crippen molar-refractivity contribution in [2.45, 2.75) is 102 Å². The third-order valence-corrected chi connectivity index (χ3v) is 8.23. The molecule has 0 heterocycles. The van der Waals surface area contributed by atoms with Gasteiger partial charge in [0.15, 0.2) is 0 Å². The second kappa shape index (κ2) is 9.06. The van der Waals surface area contributed by atoms with Crippen LogP contribution in [-0.4, -0.2) is 6.04 Å². The quantitative estimate of drug-likeness (QED) is 0.531. The topological polar surface area (TPSA) is 26.0 Å². The maximum Gasteiger partial charge on any atom is 0.0443 e. The molecule has 27 heavy (non-hydrogen) atoms. The van der Waals surface area contributed by atoms with Crippen LogP contribution in [0.3, 0.4) is 0 Å². The molecule has 3 unspecified atom stereocenters. The Kier molecular flexibility index (Phi) is 7.20. The highest BCUT2D eigenvalue weighted by atomic mass is 35.5. The average molecular weight is 410 g/mol. The highest BCUT2D eigenvalue weighted by Crippen LogP contribution is 2.57. The summed E-state index contributed by atoms with van der Waals surface area (Å²) in [7, 11) is 0. The van der Waals surface area contributed by atoms with Gasteiger partial charge in [-0.15, -0.1) is 12.4 Å². The minimum Gasteiger partial charge on any atom is -0.327 e. The molecule has 0 aliphatic heterocycles. The summed E-state index contributed by atoms with van der Waals surface area (Å²) in [5, 5.41) is 1.03. The molecule has 3 saturated carbocycles. The van der Waals surface area contributed by atoms with Crippen molar-refractivity contribution in [3.05, 3.63) is 34.3 Å². The lowest BCUT2D eigenvalue weighted by molar-refractivity contribution is 0.129. The number of hydrogen-bond donors (Lipinski definition) is 1. The number of benzene rings is 1. The molecule has 3 atom stereocenters. The minimum atomic E-state index is 0. The summed E-state index contributed by atoms with van der Waals surface area (Å²) in [6, 6.07) is 7.38. The summed E-state index contributed by atoms with van der Waals surface area (Å²) >= 11 is 6.73. The molecule has 3 heteroatoms. The largest absolute Gasteiger partial charge is 0.327 e. The Balaban J connectivity index is 0.00000210. The Morgan fingerprint density at radius 1 is 1.07 bits per heavy atom. The minimum absolute atomic E-state index is 0. The number of rotatable bonds is 5. The van der Waals surface area contributed by atoms with Gasteiger partial charge in [0.25, 0.3) is 0 Å². The molecule has 4 rings (SSSR count). The van der Waals surface area contributed by atoms with Crippen LogP contribution in [0.2, 0.25) is 5.02 Å². The molecular formula is C24H37Cl2N. The first kappa shape index (κ1) is 21.5. The fourth-order valence-corrected chi connectivity index (χ4v) is 6.37. The van der Waals surface area contributed by atoms with E-state index in [4.69, 9.17) is 17.3 Å². The van der Waals surface area contributed by atoms with Crippen molar-refractivity contribution < 1.29 is 0 Å². The fourth-order valence-electron chi connectivity index (χ4n) is 6.02. The Hall–Kier alpha value is -0.240. The second-order valence-corrected chi connectivity index (χ2v) is 10.0. The van der Waals surface area contributed by atoms with Gasteiger partial charge in [-0.05, 0) is 85.8 Å². The monoisotopic (exact) mass is 409 g/mol. The van der Waals surface area contributed by atoms with Crippen LogP contribution in [0.15, 0.2) is 18.2 Å². The molecule has 0 radical (unpaired) electrons. The van der Waals surface area contributed by atoms with E-state index in [1.54, 1.807) is 0 Å². The number of hydrogen-bond acceptors (Lipinski definition) is 1. The highest BCUT2D eigenvalue weighted by Gasteiger charge is 2.46. The molecule has 1 nitrogen and oxygen atoms in total. The van der Waals surface area contributed by atoms with Gasteiger partial charge < -0.3 is 5.73 Å². The van der Waals surface area contributed by atoms with Crippen molar-refractivity contribution >= 4 is 24.0 Å². The van der Waals surface area contributed by atoms with Crippen LogP contribution in [0.4, 0.5) is 0 Å². The summed E-state index contributed by atoms with van der Waals surface area (Å²) in [5.74, 6) is 2.25. The first-order valence-electron chi connectivity index (χ1n) is 11.1. The molecule has 0 amide bonds. The van der Waals surface area contributed by atoms with E-state index in [9.17, 15) is 0 Å². The van der Waals surface area contributed by atoms with Crippen LogP contribution in [0.1, 0.15) is 107 Å². The van der Waals surface area contributed by atoms with Gasteiger partial charge in [-0.1, -0.05) is 62.3 Å². The van der Waals surface area contributed by atoms with E-state index >= 15 is 0 Å². The summed E-state index contributed by atoms with van der Waals surface area (Å²) in [4.78, 5) is 0. The lowest BCUT2D eigenvalue weighted by atomic mass is 9.66. The Bertz CT molecular complexity index is 615. The predicted molar refractivity (Wildman–Crippen MR) is 119 cm³/mol. The zero-order chi connectivity index (χ0) is 18.1. The van der Waals surface area contributed by atoms with Crippen molar-refractivity contribution in [1.29, 1.82) is 0 Å². The number of halogens is 2. The van der Waals surface area contributed by atoms with Crippen LogP contribution in [0.5, 0.6) is 0 Å². The molecule has 1 aromatic rings. The normalized spacial score (nSPS) is 29.0. The predicted octanol–water partition coefficient (Wildman–Crippen LogP) is 7.60. The van der Waals surface area contributed by atoms with Gasteiger partial charge in [0.05, 0.1) is 0 Å². The Morgan fingerprint density at radius 3 is 2.37 bits per heavy atom. The first-order valence-corrected chi connectivity index (χ1v) is 11.5. The highest BCUT2D eigenvalue weighted by molar-refractivity contribution is 6.31. The molecular weight excluding hydrogens is 373 g/mol. The lowest BCUT2D eigenvalue weighted by Gasteiger charge is -2.41. The summed E-state index contributed by atoms with van der Waals surface area (Å²) in [6.45, 7) is 2.25. The van der Waals surface area contributed by atoms with Crippen molar-refractivity contribution in [3.63, 3.8) is 0 Å². The van der Waals surface area contributed by atoms with Crippen LogP contribution in [-0.2, 0) is 0 Å². The Morgan fingerprint density at radius 2 is 1.74 bits per heavy atom. The van der Waals surface area contributed by atoms with Gasteiger partial charge in [0.2, 0.25) is 0 Å². The second-order valence-electron chi connectivity index (χ2n) is 9.63. The maximum absolute atomic E-state index is 6.73. The van der Waals surface area contributed by atoms with E-state index in [0.29, 0.717) is 17.4 Å². The molecule has 0 bridgehead atoms. The van der Waals surface area contributed by atoms with E-state index in [1.165, 1.54) is 88.2 Å². The fraction of sp³-hybridized carbons (Fsp3) is 0.750. The summed E-state index contributed by atoms with van der Waals surface area (Å²) < 4.78 is 0. The van der Waals surface area contributed by atoms with Crippen LogP contribution >= 0.6 is 24.0 Å². The van der Waals surface area contributed by atoms with Gasteiger partial charge >= 0.3 is 0 Å². The molecule has 0 saturated heterocycles. The van der Waals surface area contributed by atoms with Crippen molar-refractivity contribution in [2.24, 2.45) is 17.1 Å². The van der Waals surface area contributed by atoms with Gasteiger partial charge in [-0.3, -0.25) is 0 Å². The molecule has 3 aliphatic rings. The molecule has 3 fully saturated rings. The molecule has 0 aromatic heterocycles. The van der Waals surface area contributed by atoms with Crippen LogP contribution in [0, 0.1) is 11.3 Å². The third kappa shape index (κ3) is 4.68. The van der Waals surface area contributed by atoms with Crippen LogP contribution < -0.4 is 5.73 Å². The third-order valence-electron chi connectivity index (χ3n) is 7.90. The van der Waals surface area contributed by atoms with Gasteiger partial charge in [0, 0.05) is 11.1 Å². The first-order chi connectivity index (χ1) is 12.6. The standard InChI is InChI=1S/C24H36ClN.ClH/c1-17(26)24(12-6-3-7-13-24)16-20-14-22(20)19-10-11-21(23(25)15-19)18-8-4-2-5-9-18;/h10-11,15,17-18,20,22H,2-9,12-14,16,26H2,1H3;1H. The van der Waals surface area contributed by atoms with Crippen molar-refractivity contribution in [3.8, 4) is 0 Å². The van der Waals surface area contributed by atoms with Gasteiger partial charge in [-0.25, -0.2) is 0 Å². The average Bonchev–Trinajstić information content (AvgIpc) is 3.42. The molecule has 3 aliphatic carbocycles. The molecule has 1 aromatic carbocycles. The summed E-state index contributed by atoms with van der Waals surface area (Å²) in [6.07, 6.45) is 16.3. The molecule has 0 spiro atoms. The zero-order valence-electron chi connectivity index (χ0n) is 16.9. The maximum atomic E-state index is 6.73. The van der Waals surface area contributed by atoms with Crippen molar-refractivity contribution in [1.82, 2.24) is 0 Å².